The van der Waals surface area contributed by atoms with Gasteiger partial charge in [0.1, 0.15) is 0 Å². The van der Waals surface area contributed by atoms with Gasteiger partial charge in [0, 0.05) is 31.6 Å². The Morgan fingerprint density at radius 2 is 2.13 bits per heavy atom. The van der Waals surface area contributed by atoms with Gasteiger partial charge in [0.2, 0.25) is 0 Å². The van der Waals surface area contributed by atoms with Crippen LogP contribution in [0.5, 0.6) is 0 Å². The van der Waals surface area contributed by atoms with Crippen molar-refractivity contribution in [3.8, 4) is 0 Å². The second-order valence-corrected chi connectivity index (χ2v) is 4.71. The van der Waals surface area contributed by atoms with Crippen molar-refractivity contribution in [3.05, 3.63) is 29.3 Å². The molecule has 0 aromatic heterocycles. The van der Waals surface area contributed by atoms with E-state index < -0.39 is 0 Å². The first-order valence-electron chi connectivity index (χ1n) is 5.18. The highest BCUT2D eigenvalue weighted by Crippen LogP contribution is 2.18. The number of benzene rings is 1. The van der Waals surface area contributed by atoms with Crippen LogP contribution < -0.4 is 10.6 Å². The zero-order valence-corrected chi connectivity index (χ0v) is 10.6. The summed E-state index contributed by atoms with van der Waals surface area (Å²) in [5, 5.41) is 0. The molecule has 0 radical (unpaired) electrons. The Kier molecular flexibility index (Phi) is 4.99. The van der Waals surface area contributed by atoms with Gasteiger partial charge < -0.3 is 10.6 Å². The van der Waals surface area contributed by atoms with Gasteiger partial charge in [-0.2, -0.15) is 11.8 Å². The van der Waals surface area contributed by atoms with Gasteiger partial charge in [-0.1, -0.05) is 6.07 Å². The maximum Gasteiger partial charge on any atom is 0.0366 e. The van der Waals surface area contributed by atoms with E-state index in [1.165, 1.54) is 16.8 Å². The van der Waals surface area contributed by atoms with Crippen LogP contribution in [-0.4, -0.2) is 25.6 Å². The van der Waals surface area contributed by atoms with Crippen molar-refractivity contribution in [2.75, 3.05) is 30.5 Å². The summed E-state index contributed by atoms with van der Waals surface area (Å²) in [5.41, 5.74) is 9.43. The predicted octanol–water partition coefficient (Wildman–Crippen LogP) is 2.25. The quantitative estimate of drug-likeness (QED) is 0.832. The van der Waals surface area contributed by atoms with E-state index in [1.807, 2.05) is 11.8 Å². The number of aryl methyl sites for hydroxylation is 1. The molecule has 0 heterocycles. The van der Waals surface area contributed by atoms with E-state index in [4.69, 9.17) is 5.73 Å². The molecule has 3 heteroatoms. The maximum atomic E-state index is 5.64. The van der Waals surface area contributed by atoms with Crippen molar-refractivity contribution < 1.29 is 0 Å². The van der Waals surface area contributed by atoms with Crippen LogP contribution in [0, 0.1) is 6.92 Å². The van der Waals surface area contributed by atoms with Crippen LogP contribution in [0.15, 0.2) is 18.2 Å². The average Bonchev–Trinajstić information content (AvgIpc) is 2.25. The molecule has 2 N–H and O–H groups in total. The van der Waals surface area contributed by atoms with Gasteiger partial charge in [-0.15, -0.1) is 0 Å². The van der Waals surface area contributed by atoms with Crippen LogP contribution in [0.4, 0.5) is 5.69 Å². The van der Waals surface area contributed by atoms with E-state index in [0.29, 0.717) is 6.54 Å². The smallest absolute Gasteiger partial charge is 0.0366 e. The van der Waals surface area contributed by atoms with Gasteiger partial charge in [0.05, 0.1) is 0 Å². The highest BCUT2D eigenvalue weighted by atomic mass is 32.2. The zero-order chi connectivity index (χ0) is 11.3. The normalized spacial score (nSPS) is 10.4. The number of hydrogen-bond donors (Lipinski definition) is 1. The number of nitrogens with zero attached hydrogens (tertiary/aromatic N) is 1. The molecule has 0 saturated heterocycles. The van der Waals surface area contributed by atoms with E-state index in [2.05, 4.69) is 43.3 Å². The minimum atomic E-state index is 0.626. The van der Waals surface area contributed by atoms with Crippen LogP contribution in [0.1, 0.15) is 11.1 Å². The fourth-order valence-electron chi connectivity index (χ4n) is 1.50. The van der Waals surface area contributed by atoms with Crippen molar-refractivity contribution >= 4 is 17.4 Å². The minimum Gasteiger partial charge on any atom is -0.374 e. The molecule has 0 bridgehead atoms. The Balaban J connectivity index is 2.73. The van der Waals surface area contributed by atoms with Crippen LogP contribution in [0.3, 0.4) is 0 Å². The number of hydrogen-bond acceptors (Lipinski definition) is 3. The summed E-state index contributed by atoms with van der Waals surface area (Å²) in [7, 11) is 2.13. The fourth-order valence-corrected chi connectivity index (χ4v) is 1.96. The van der Waals surface area contributed by atoms with Crippen LogP contribution in [0.2, 0.25) is 0 Å². The number of nitrogens with two attached hydrogens (primary N) is 1. The predicted molar refractivity (Wildman–Crippen MR) is 70.7 cm³/mol. The molecule has 0 aliphatic carbocycles. The number of rotatable bonds is 5. The third-order valence-corrected chi connectivity index (χ3v) is 3.21. The molecule has 2 nitrogen and oxygen atoms in total. The van der Waals surface area contributed by atoms with E-state index in [9.17, 15) is 0 Å². The molecule has 0 fully saturated rings. The van der Waals surface area contributed by atoms with Crippen molar-refractivity contribution in [2.45, 2.75) is 13.5 Å². The Morgan fingerprint density at radius 1 is 1.40 bits per heavy atom. The topological polar surface area (TPSA) is 29.3 Å². The zero-order valence-electron chi connectivity index (χ0n) is 9.79. The molecular weight excluding hydrogens is 204 g/mol. The Hall–Kier alpha value is -0.670. The third-order valence-electron chi connectivity index (χ3n) is 2.62. The van der Waals surface area contributed by atoms with Crippen LogP contribution >= 0.6 is 11.8 Å². The van der Waals surface area contributed by atoms with Gasteiger partial charge in [0.25, 0.3) is 0 Å². The van der Waals surface area contributed by atoms with E-state index >= 15 is 0 Å². The molecule has 1 rings (SSSR count). The van der Waals surface area contributed by atoms with Gasteiger partial charge in [-0.25, -0.2) is 0 Å². The lowest BCUT2D eigenvalue weighted by molar-refractivity contribution is 0.970. The van der Waals surface area contributed by atoms with E-state index in [0.717, 1.165) is 12.3 Å². The van der Waals surface area contributed by atoms with Crippen molar-refractivity contribution in [2.24, 2.45) is 5.73 Å². The maximum absolute atomic E-state index is 5.64. The molecule has 1 aromatic carbocycles. The van der Waals surface area contributed by atoms with Crippen LogP contribution in [-0.2, 0) is 6.54 Å². The lowest BCUT2D eigenvalue weighted by Gasteiger charge is -2.20. The lowest BCUT2D eigenvalue weighted by atomic mass is 10.1. The number of thioether (sulfide) groups is 1. The molecule has 0 saturated carbocycles. The van der Waals surface area contributed by atoms with Crippen molar-refractivity contribution in [1.29, 1.82) is 0 Å². The lowest BCUT2D eigenvalue weighted by Crippen LogP contribution is -2.20. The summed E-state index contributed by atoms with van der Waals surface area (Å²) >= 11 is 1.87. The SMILES string of the molecule is CSCCN(C)c1ccc(CN)c(C)c1. The second-order valence-electron chi connectivity index (χ2n) is 3.73. The fraction of sp³-hybridized carbons (Fsp3) is 0.500. The first kappa shape index (κ1) is 12.4. The molecule has 0 amide bonds. The van der Waals surface area contributed by atoms with Crippen molar-refractivity contribution in [1.82, 2.24) is 0 Å². The van der Waals surface area contributed by atoms with Gasteiger partial charge >= 0.3 is 0 Å². The van der Waals surface area contributed by atoms with Gasteiger partial charge in [-0.05, 0) is 36.4 Å². The molecule has 15 heavy (non-hydrogen) atoms. The summed E-state index contributed by atoms with van der Waals surface area (Å²) in [6.07, 6.45) is 2.14. The standard InChI is InChI=1S/C12H20N2S/c1-10-8-12(5-4-11(10)9-13)14(2)6-7-15-3/h4-5,8H,6-7,9,13H2,1-3H3. The van der Waals surface area contributed by atoms with Gasteiger partial charge in [-0.3, -0.25) is 0 Å². The Bertz CT molecular complexity index is 312. The molecule has 0 aliphatic heterocycles. The van der Waals surface area contributed by atoms with Gasteiger partial charge in [0.15, 0.2) is 0 Å². The number of anilines is 1. The Labute approximate surface area is 96.8 Å². The highest BCUT2D eigenvalue weighted by Gasteiger charge is 2.02. The van der Waals surface area contributed by atoms with E-state index in [1.54, 1.807) is 0 Å². The minimum absolute atomic E-state index is 0.626. The molecule has 0 spiro atoms. The molecule has 0 unspecified atom stereocenters. The molecule has 84 valence electrons. The third kappa shape index (κ3) is 3.43. The molecular formula is C12H20N2S. The first-order valence-corrected chi connectivity index (χ1v) is 6.58. The summed E-state index contributed by atoms with van der Waals surface area (Å²) in [5.74, 6) is 1.16. The average molecular weight is 224 g/mol. The summed E-state index contributed by atoms with van der Waals surface area (Å²) < 4.78 is 0. The molecule has 1 aromatic rings. The molecule has 0 aliphatic rings. The summed E-state index contributed by atoms with van der Waals surface area (Å²) in [6.45, 7) is 3.83. The highest BCUT2D eigenvalue weighted by molar-refractivity contribution is 7.98. The van der Waals surface area contributed by atoms with Crippen molar-refractivity contribution in [3.63, 3.8) is 0 Å². The summed E-state index contributed by atoms with van der Waals surface area (Å²) in [6, 6.07) is 6.48. The van der Waals surface area contributed by atoms with E-state index in [-0.39, 0.29) is 0 Å². The monoisotopic (exact) mass is 224 g/mol. The van der Waals surface area contributed by atoms with Crippen LogP contribution in [0.25, 0.3) is 0 Å². The second kappa shape index (κ2) is 6.03. The molecule has 0 atom stereocenters. The first-order chi connectivity index (χ1) is 7.19. The Morgan fingerprint density at radius 3 is 2.67 bits per heavy atom. The largest absolute Gasteiger partial charge is 0.374 e. The summed E-state index contributed by atoms with van der Waals surface area (Å²) in [4.78, 5) is 2.28.